The second-order valence-corrected chi connectivity index (χ2v) is 5.03. The van der Waals surface area contributed by atoms with Gasteiger partial charge >= 0.3 is 0 Å². The molecule has 2 nitrogen and oxygen atoms in total. The first-order valence-corrected chi connectivity index (χ1v) is 6.29. The predicted octanol–water partition coefficient (Wildman–Crippen LogP) is 3.44. The van der Waals surface area contributed by atoms with Crippen LogP contribution in [0.2, 0.25) is 0 Å². The fourth-order valence-corrected chi connectivity index (χ4v) is 2.83. The van der Waals surface area contributed by atoms with Crippen LogP contribution in [0.25, 0.3) is 0 Å². The van der Waals surface area contributed by atoms with Crippen LogP contribution in [-0.4, -0.2) is 5.11 Å². The van der Waals surface area contributed by atoms with Crippen molar-refractivity contribution in [1.29, 1.82) is 0 Å². The molecule has 0 spiro atoms. The van der Waals surface area contributed by atoms with E-state index in [0.717, 1.165) is 4.88 Å². The van der Waals surface area contributed by atoms with Crippen LogP contribution in [0.4, 0.5) is 4.39 Å². The Labute approximate surface area is 102 Å². The normalized spacial score (nSPS) is 22.9. The number of aliphatic hydroxyl groups excluding tert-OH is 1. The maximum atomic E-state index is 13.1. The lowest BCUT2D eigenvalue weighted by Crippen LogP contribution is -2.18. The standard InChI is InChI=1S/C13H11FO2S/c14-8-3-4-9-10(15)7-12(16-11(9)6-8)13-2-1-5-17-13/h1-6,10,12,15H,7H2. The molecule has 1 aromatic carbocycles. The van der Waals surface area contributed by atoms with Gasteiger partial charge in [-0.25, -0.2) is 4.39 Å². The Morgan fingerprint density at radius 1 is 1.35 bits per heavy atom. The number of rotatable bonds is 1. The van der Waals surface area contributed by atoms with Crippen molar-refractivity contribution < 1.29 is 14.2 Å². The van der Waals surface area contributed by atoms with Crippen molar-refractivity contribution in [3.05, 3.63) is 52.0 Å². The van der Waals surface area contributed by atoms with E-state index in [0.29, 0.717) is 17.7 Å². The van der Waals surface area contributed by atoms with Crippen LogP contribution >= 0.6 is 11.3 Å². The molecule has 0 fully saturated rings. The largest absolute Gasteiger partial charge is 0.484 e. The van der Waals surface area contributed by atoms with Crippen LogP contribution in [-0.2, 0) is 0 Å². The average Bonchev–Trinajstić information content (AvgIpc) is 2.81. The number of ether oxygens (including phenoxy) is 1. The molecule has 2 aromatic rings. The highest BCUT2D eigenvalue weighted by molar-refractivity contribution is 7.10. The van der Waals surface area contributed by atoms with E-state index in [2.05, 4.69) is 0 Å². The molecule has 2 atom stereocenters. The van der Waals surface area contributed by atoms with Crippen molar-refractivity contribution >= 4 is 11.3 Å². The molecular weight excluding hydrogens is 239 g/mol. The molecule has 4 heteroatoms. The Hall–Kier alpha value is -1.39. The lowest BCUT2D eigenvalue weighted by molar-refractivity contribution is 0.0671. The van der Waals surface area contributed by atoms with E-state index < -0.39 is 6.10 Å². The van der Waals surface area contributed by atoms with Gasteiger partial charge in [0.05, 0.1) is 6.10 Å². The summed E-state index contributed by atoms with van der Waals surface area (Å²) in [6, 6.07) is 8.17. The quantitative estimate of drug-likeness (QED) is 0.840. The number of hydrogen-bond acceptors (Lipinski definition) is 3. The lowest BCUT2D eigenvalue weighted by atomic mass is 9.98. The van der Waals surface area contributed by atoms with E-state index in [1.165, 1.54) is 12.1 Å². The fraction of sp³-hybridized carbons (Fsp3) is 0.231. The maximum absolute atomic E-state index is 13.1. The van der Waals surface area contributed by atoms with Crippen LogP contribution in [0, 0.1) is 5.82 Å². The molecule has 1 aliphatic heterocycles. The van der Waals surface area contributed by atoms with Crippen LogP contribution in [0.15, 0.2) is 35.7 Å². The van der Waals surface area contributed by atoms with E-state index in [-0.39, 0.29) is 11.9 Å². The minimum Gasteiger partial charge on any atom is -0.484 e. The summed E-state index contributed by atoms with van der Waals surface area (Å²) >= 11 is 1.58. The van der Waals surface area contributed by atoms with Crippen LogP contribution in [0.1, 0.15) is 29.1 Å². The van der Waals surface area contributed by atoms with Crippen molar-refractivity contribution in [2.24, 2.45) is 0 Å². The van der Waals surface area contributed by atoms with Gasteiger partial charge in [-0.3, -0.25) is 0 Å². The van der Waals surface area contributed by atoms with Gasteiger partial charge in [0.2, 0.25) is 0 Å². The molecule has 0 radical (unpaired) electrons. The zero-order valence-corrected chi connectivity index (χ0v) is 9.78. The molecule has 3 rings (SSSR count). The highest BCUT2D eigenvalue weighted by Gasteiger charge is 2.28. The summed E-state index contributed by atoms with van der Waals surface area (Å²) in [6.07, 6.45) is -0.259. The van der Waals surface area contributed by atoms with E-state index in [1.54, 1.807) is 17.4 Å². The van der Waals surface area contributed by atoms with Gasteiger partial charge in [-0.15, -0.1) is 11.3 Å². The molecule has 0 bridgehead atoms. The Bertz CT molecular complexity index is 524. The van der Waals surface area contributed by atoms with Gasteiger partial charge in [0.1, 0.15) is 17.7 Å². The third kappa shape index (κ3) is 1.94. The first kappa shape index (κ1) is 10.7. The van der Waals surface area contributed by atoms with E-state index >= 15 is 0 Å². The van der Waals surface area contributed by atoms with Gasteiger partial charge in [0.15, 0.2) is 0 Å². The Morgan fingerprint density at radius 2 is 2.24 bits per heavy atom. The Balaban J connectivity index is 1.97. The molecule has 0 amide bonds. The minimum absolute atomic E-state index is 0.181. The summed E-state index contributed by atoms with van der Waals surface area (Å²) in [5.41, 5.74) is 0.666. The number of fused-ring (bicyclic) bond motifs is 1. The second-order valence-electron chi connectivity index (χ2n) is 4.06. The highest BCUT2D eigenvalue weighted by atomic mass is 32.1. The minimum atomic E-state index is -0.591. The Morgan fingerprint density at radius 3 is 3.00 bits per heavy atom. The summed E-state index contributed by atoms with van der Waals surface area (Å²) in [6.45, 7) is 0. The number of thiophene rings is 1. The molecule has 88 valence electrons. The summed E-state index contributed by atoms with van der Waals surface area (Å²) in [7, 11) is 0. The first-order chi connectivity index (χ1) is 8.24. The van der Waals surface area contributed by atoms with Crippen molar-refractivity contribution in [2.45, 2.75) is 18.6 Å². The van der Waals surface area contributed by atoms with E-state index in [4.69, 9.17) is 4.74 Å². The maximum Gasteiger partial charge on any atom is 0.136 e. The fourth-order valence-electron chi connectivity index (χ4n) is 2.07. The molecule has 2 heterocycles. The first-order valence-electron chi connectivity index (χ1n) is 5.41. The number of aliphatic hydroxyl groups is 1. The highest BCUT2D eigenvalue weighted by Crippen LogP contribution is 2.41. The molecule has 0 saturated heterocycles. The topological polar surface area (TPSA) is 29.5 Å². The van der Waals surface area contributed by atoms with Gasteiger partial charge in [-0.2, -0.15) is 0 Å². The number of hydrogen-bond donors (Lipinski definition) is 1. The summed E-state index contributed by atoms with van der Waals surface area (Å²) in [5, 5.41) is 12.0. The van der Waals surface area contributed by atoms with Crippen LogP contribution in [0.3, 0.4) is 0 Å². The smallest absolute Gasteiger partial charge is 0.136 e. The predicted molar refractivity (Wildman–Crippen MR) is 63.7 cm³/mol. The van der Waals surface area contributed by atoms with Crippen molar-refractivity contribution in [2.75, 3.05) is 0 Å². The molecule has 2 unspecified atom stereocenters. The van der Waals surface area contributed by atoms with Gasteiger partial charge in [0, 0.05) is 22.9 Å². The average molecular weight is 250 g/mol. The number of halogens is 1. The monoisotopic (exact) mass is 250 g/mol. The van der Waals surface area contributed by atoms with Gasteiger partial charge in [0.25, 0.3) is 0 Å². The second kappa shape index (κ2) is 4.13. The molecule has 0 aliphatic carbocycles. The SMILES string of the molecule is OC1CC(c2cccs2)Oc2cc(F)ccc21. The van der Waals surface area contributed by atoms with Crippen molar-refractivity contribution in [3.63, 3.8) is 0 Å². The van der Waals surface area contributed by atoms with Gasteiger partial charge < -0.3 is 9.84 Å². The molecule has 0 saturated carbocycles. The van der Waals surface area contributed by atoms with Gasteiger partial charge in [-0.05, 0) is 23.6 Å². The summed E-state index contributed by atoms with van der Waals surface area (Å²) in [5.74, 6) is 0.102. The zero-order chi connectivity index (χ0) is 11.8. The summed E-state index contributed by atoms with van der Waals surface area (Å²) in [4.78, 5) is 1.05. The third-order valence-corrected chi connectivity index (χ3v) is 3.87. The molecule has 1 N–H and O–H groups in total. The Kier molecular flexibility index (Phi) is 2.61. The third-order valence-electron chi connectivity index (χ3n) is 2.90. The molecular formula is C13H11FO2S. The molecule has 1 aliphatic rings. The van der Waals surface area contributed by atoms with Crippen molar-refractivity contribution in [3.8, 4) is 5.75 Å². The summed E-state index contributed by atoms with van der Waals surface area (Å²) < 4.78 is 18.9. The van der Waals surface area contributed by atoms with E-state index in [1.807, 2.05) is 17.5 Å². The van der Waals surface area contributed by atoms with Crippen LogP contribution in [0.5, 0.6) is 5.75 Å². The number of benzene rings is 1. The van der Waals surface area contributed by atoms with Crippen molar-refractivity contribution in [1.82, 2.24) is 0 Å². The van der Waals surface area contributed by atoms with Crippen LogP contribution < -0.4 is 4.74 Å². The zero-order valence-electron chi connectivity index (χ0n) is 8.97. The molecule has 1 aromatic heterocycles. The lowest BCUT2D eigenvalue weighted by Gasteiger charge is -2.29. The molecule has 17 heavy (non-hydrogen) atoms. The van der Waals surface area contributed by atoms with E-state index in [9.17, 15) is 9.50 Å². The van der Waals surface area contributed by atoms with Gasteiger partial charge in [-0.1, -0.05) is 6.07 Å².